The summed E-state index contributed by atoms with van der Waals surface area (Å²) >= 11 is 0. The van der Waals surface area contributed by atoms with E-state index in [1.807, 2.05) is 0 Å². The maximum absolute atomic E-state index is 8.25. The Morgan fingerprint density at radius 2 is 0.714 bits per heavy atom. The summed E-state index contributed by atoms with van der Waals surface area (Å²) < 4.78 is 0. The van der Waals surface area contributed by atoms with Gasteiger partial charge in [0.15, 0.2) is 0 Å². The molecule has 5 heteroatoms. The minimum absolute atomic E-state index is 0. The Hall–Kier alpha value is 1.88. The average Bonchev–Trinajstić information content (AvgIpc) is 1.50. The van der Waals surface area contributed by atoms with Gasteiger partial charge >= 0.3 is 59.1 Å². The minimum atomic E-state index is 0. The zero-order valence-corrected chi connectivity index (χ0v) is 9.32. The zero-order valence-electron chi connectivity index (χ0n) is 5.32. The molecule has 3 nitrogen and oxygen atoms in total. The van der Waals surface area contributed by atoms with Crippen LogP contribution in [0.5, 0.6) is 0 Å². The third-order valence-corrected chi connectivity index (χ3v) is 0. The monoisotopic (exact) mass is 126 g/mol. The molecule has 0 aliphatic carbocycles. The largest absolute Gasteiger partial charge is 1.00 e. The summed E-state index contributed by atoms with van der Waals surface area (Å²) in [6.07, 6.45) is 0. The summed E-state index contributed by atoms with van der Waals surface area (Å²) in [4.78, 5) is 0. The van der Waals surface area contributed by atoms with Crippen LogP contribution in [0.3, 0.4) is 0 Å². The van der Waals surface area contributed by atoms with Crippen LogP contribution in [0.15, 0.2) is 0 Å². The Bertz CT molecular complexity index is 10.9. The van der Waals surface area contributed by atoms with Crippen LogP contribution >= 0.6 is 0 Å². The summed E-state index contributed by atoms with van der Waals surface area (Å²) in [7, 11) is 1.50. The molecule has 0 aliphatic heterocycles. The predicted molar refractivity (Wildman–Crippen MR) is 15.5 cm³/mol. The molecule has 36 valence electrons. The molecule has 0 aromatic carbocycles. The summed E-state index contributed by atoms with van der Waals surface area (Å²) in [6.45, 7) is 0. The van der Waals surface area contributed by atoms with E-state index in [9.17, 15) is 0 Å². The van der Waals surface area contributed by atoms with Crippen molar-refractivity contribution in [1.29, 1.82) is 0 Å². The maximum Gasteiger partial charge on any atom is 1.00 e. The molecule has 0 rings (SSSR count). The first kappa shape index (κ1) is 36.6. The van der Waals surface area contributed by atoms with Crippen molar-refractivity contribution in [3.63, 3.8) is 0 Å². The fraction of sp³-hybridized carbons (Fsp3) is 1.00. The minimum Gasteiger partial charge on any atom is -0.857 e. The van der Waals surface area contributed by atoms with E-state index in [2.05, 4.69) is 0 Å². The van der Waals surface area contributed by atoms with Gasteiger partial charge in [-0.25, -0.2) is 0 Å². The van der Waals surface area contributed by atoms with Crippen LogP contribution in [0, 0.1) is 0 Å². The van der Waals surface area contributed by atoms with Gasteiger partial charge in [-0.2, -0.15) is 14.2 Å². The molecular weight excluding hydrogens is 118 g/mol. The standard InChI is InChI=1S/2CH3O.2Na.H2O/c2*1-2;;;/h2*1H3;;;1H2/q2*-1;2*+1;. The molecule has 0 heterocycles. The molecule has 2 N–H and O–H groups in total. The van der Waals surface area contributed by atoms with Gasteiger partial charge in [0.2, 0.25) is 0 Å². The van der Waals surface area contributed by atoms with Crippen molar-refractivity contribution >= 4 is 0 Å². The van der Waals surface area contributed by atoms with Crippen molar-refractivity contribution in [2.75, 3.05) is 14.2 Å². The summed E-state index contributed by atoms with van der Waals surface area (Å²) in [6, 6.07) is 0. The molecule has 0 amide bonds. The molecule has 0 aromatic heterocycles. The van der Waals surface area contributed by atoms with Crippen molar-refractivity contribution in [3.05, 3.63) is 0 Å². The average molecular weight is 126 g/mol. The zero-order chi connectivity index (χ0) is 4.00. The topological polar surface area (TPSA) is 77.6 Å². The third kappa shape index (κ3) is 77.1. The molecule has 0 saturated heterocycles. The molecule has 0 saturated carbocycles. The smallest absolute Gasteiger partial charge is 0.857 e. The summed E-state index contributed by atoms with van der Waals surface area (Å²) in [5, 5.41) is 16.5. The number of hydrogen-bond donors (Lipinski definition) is 0. The first-order chi connectivity index (χ1) is 2.00. The number of hydrogen-bond acceptors (Lipinski definition) is 2. The summed E-state index contributed by atoms with van der Waals surface area (Å²) in [5.41, 5.74) is 0. The van der Waals surface area contributed by atoms with E-state index in [1.165, 1.54) is 0 Å². The van der Waals surface area contributed by atoms with E-state index >= 15 is 0 Å². The van der Waals surface area contributed by atoms with E-state index in [0.29, 0.717) is 0 Å². The van der Waals surface area contributed by atoms with Crippen LogP contribution in [-0.2, 0) is 0 Å². The Kier molecular flexibility index (Phi) is 552. The van der Waals surface area contributed by atoms with E-state index in [1.54, 1.807) is 0 Å². The normalized spacial score (nSPS) is 1.71. The van der Waals surface area contributed by atoms with Gasteiger partial charge in [-0.1, -0.05) is 0 Å². The first-order valence-electron chi connectivity index (χ1n) is 0.816. The van der Waals surface area contributed by atoms with Crippen LogP contribution in [-0.4, -0.2) is 19.7 Å². The van der Waals surface area contributed by atoms with Crippen molar-refractivity contribution in [1.82, 2.24) is 0 Å². The van der Waals surface area contributed by atoms with E-state index < -0.39 is 0 Å². The molecule has 0 bridgehead atoms. The van der Waals surface area contributed by atoms with Gasteiger partial charge in [-0.3, -0.25) is 0 Å². The van der Waals surface area contributed by atoms with Crippen LogP contribution in [0.2, 0.25) is 0 Å². The van der Waals surface area contributed by atoms with Crippen molar-refractivity contribution in [2.45, 2.75) is 0 Å². The Morgan fingerprint density at radius 1 is 0.714 bits per heavy atom. The van der Waals surface area contributed by atoms with Crippen molar-refractivity contribution in [2.24, 2.45) is 0 Å². The number of rotatable bonds is 0. The molecule has 0 aliphatic rings. The van der Waals surface area contributed by atoms with Crippen LogP contribution < -0.4 is 69.3 Å². The second-order valence-electron chi connectivity index (χ2n) is 0. The van der Waals surface area contributed by atoms with Gasteiger partial charge < -0.3 is 15.7 Å². The van der Waals surface area contributed by atoms with Crippen molar-refractivity contribution in [3.8, 4) is 0 Å². The van der Waals surface area contributed by atoms with Gasteiger partial charge in [-0.15, -0.1) is 0 Å². The molecule has 0 fully saturated rings. The second kappa shape index (κ2) is 106. The van der Waals surface area contributed by atoms with E-state index in [4.69, 9.17) is 10.2 Å². The Balaban J connectivity index is -0.00000000267. The van der Waals surface area contributed by atoms with Crippen LogP contribution in [0.1, 0.15) is 0 Å². The molecule has 0 unspecified atom stereocenters. The van der Waals surface area contributed by atoms with Gasteiger partial charge in [0.25, 0.3) is 0 Å². The fourth-order valence-corrected chi connectivity index (χ4v) is 0. The maximum atomic E-state index is 8.25. The van der Waals surface area contributed by atoms with Crippen LogP contribution in [0.4, 0.5) is 0 Å². The van der Waals surface area contributed by atoms with Gasteiger partial charge in [-0.05, 0) is 0 Å². The van der Waals surface area contributed by atoms with Gasteiger partial charge in [0, 0.05) is 0 Å². The fourth-order valence-electron chi connectivity index (χ4n) is 0. The first-order valence-corrected chi connectivity index (χ1v) is 0.816. The van der Waals surface area contributed by atoms with Crippen LogP contribution in [0.25, 0.3) is 0 Å². The van der Waals surface area contributed by atoms with Gasteiger partial charge in [0.1, 0.15) is 0 Å². The van der Waals surface area contributed by atoms with Gasteiger partial charge in [0.05, 0.1) is 0 Å². The Morgan fingerprint density at radius 3 is 0.714 bits per heavy atom. The second-order valence-corrected chi connectivity index (χ2v) is 0. The molecule has 7 heavy (non-hydrogen) atoms. The quantitative estimate of drug-likeness (QED) is 0.302. The van der Waals surface area contributed by atoms with E-state index in [-0.39, 0.29) is 64.6 Å². The molecule has 0 spiro atoms. The Labute approximate surface area is 88.0 Å². The third-order valence-electron chi connectivity index (χ3n) is 0. The molecule has 0 radical (unpaired) electrons. The summed E-state index contributed by atoms with van der Waals surface area (Å²) in [5.74, 6) is 0. The predicted octanol–water partition coefficient (Wildman–Crippen LogP) is -8.86. The molecule has 0 atom stereocenters. The molecular formula is C2H8Na2O3. The van der Waals surface area contributed by atoms with E-state index in [0.717, 1.165) is 14.2 Å². The van der Waals surface area contributed by atoms with Crippen molar-refractivity contribution < 1.29 is 74.8 Å². The SMILES string of the molecule is C[O-].C[O-].O.[Na+].[Na+]. The molecule has 0 aromatic rings.